The van der Waals surface area contributed by atoms with E-state index >= 15 is 0 Å². The number of likely N-dealkylation sites (tertiary alicyclic amines) is 2. The first-order valence-corrected chi connectivity index (χ1v) is 10.4. The predicted molar refractivity (Wildman–Crippen MR) is 96.6 cm³/mol. The van der Waals surface area contributed by atoms with E-state index in [1.165, 1.54) is 44.9 Å². The average molecular weight is 348 g/mol. The van der Waals surface area contributed by atoms with Crippen molar-refractivity contribution in [2.24, 2.45) is 29.4 Å². The summed E-state index contributed by atoms with van der Waals surface area (Å²) in [6.07, 6.45) is 11.1. The lowest BCUT2D eigenvalue weighted by atomic mass is 9.84. The molecule has 0 aromatic heterocycles. The van der Waals surface area contributed by atoms with Crippen LogP contribution in [0.2, 0.25) is 0 Å². The van der Waals surface area contributed by atoms with E-state index in [4.69, 9.17) is 5.73 Å². The summed E-state index contributed by atoms with van der Waals surface area (Å²) in [4.78, 5) is 28.4. The summed E-state index contributed by atoms with van der Waals surface area (Å²) in [5, 5.41) is 0. The number of nitrogens with zero attached hydrogens (tertiary/aromatic N) is 2. The molecule has 2 N–H and O–H groups in total. The van der Waals surface area contributed by atoms with Gasteiger partial charge in [0.25, 0.3) is 0 Å². The van der Waals surface area contributed by atoms with Crippen molar-refractivity contribution < 1.29 is 9.59 Å². The van der Waals surface area contributed by atoms with Crippen LogP contribution in [0.15, 0.2) is 0 Å². The fraction of sp³-hybridized carbons (Fsp3) is 0.900. The molecular weight excluding hydrogens is 314 g/mol. The van der Waals surface area contributed by atoms with Crippen molar-refractivity contribution >= 4 is 11.8 Å². The molecule has 0 spiro atoms. The molecule has 0 aromatic rings. The van der Waals surface area contributed by atoms with Crippen LogP contribution in [0.4, 0.5) is 0 Å². The van der Waals surface area contributed by atoms with Gasteiger partial charge in [-0.05, 0) is 75.7 Å². The van der Waals surface area contributed by atoms with Crippen LogP contribution in [0.25, 0.3) is 0 Å². The van der Waals surface area contributed by atoms with Crippen LogP contribution in [0.3, 0.4) is 0 Å². The quantitative estimate of drug-likeness (QED) is 0.827. The van der Waals surface area contributed by atoms with E-state index in [0.717, 1.165) is 37.1 Å². The number of carbonyl (C=O) groups excluding carboxylic acids is 2. The van der Waals surface area contributed by atoms with Crippen molar-refractivity contribution in [1.82, 2.24) is 9.80 Å². The van der Waals surface area contributed by atoms with E-state index < -0.39 is 0 Å². The molecule has 2 heterocycles. The summed E-state index contributed by atoms with van der Waals surface area (Å²) in [5.41, 5.74) is 5.39. The van der Waals surface area contributed by atoms with Crippen LogP contribution in [-0.2, 0) is 9.59 Å². The first-order chi connectivity index (χ1) is 12.1. The highest BCUT2D eigenvalue weighted by Crippen LogP contribution is 2.50. The molecule has 2 aliphatic heterocycles. The lowest BCUT2D eigenvalue weighted by Crippen LogP contribution is -2.47. The van der Waals surface area contributed by atoms with E-state index in [1.54, 1.807) is 0 Å². The predicted octanol–water partition coefficient (Wildman–Crippen LogP) is 2.00. The van der Waals surface area contributed by atoms with Gasteiger partial charge in [0.05, 0.1) is 6.54 Å². The summed E-state index contributed by atoms with van der Waals surface area (Å²) in [6.45, 7) is 3.04. The minimum Gasteiger partial charge on any atom is -0.369 e. The third kappa shape index (κ3) is 3.71. The Labute approximate surface area is 151 Å². The summed E-state index contributed by atoms with van der Waals surface area (Å²) in [5.74, 6) is 2.92. The highest BCUT2D eigenvalue weighted by atomic mass is 16.2. The minimum atomic E-state index is -0.211. The molecule has 25 heavy (non-hydrogen) atoms. The number of hydrogen-bond acceptors (Lipinski definition) is 3. The van der Waals surface area contributed by atoms with Crippen molar-refractivity contribution in [1.29, 1.82) is 0 Å². The number of primary amides is 1. The first kappa shape index (κ1) is 17.3. The molecule has 4 aliphatic rings. The Morgan fingerprint density at radius 3 is 2.40 bits per heavy atom. The van der Waals surface area contributed by atoms with Gasteiger partial charge in [-0.25, -0.2) is 0 Å². The van der Waals surface area contributed by atoms with Crippen molar-refractivity contribution in [2.75, 3.05) is 26.2 Å². The third-order valence-electron chi connectivity index (χ3n) is 7.55. The van der Waals surface area contributed by atoms with Gasteiger partial charge in [0.1, 0.15) is 0 Å². The van der Waals surface area contributed by atoms with E-state index in [9.17, 15) is 9.59 Å². The minimum absolute atomic E-state index is 0.0404. The van der Waals surface area contributed by atoms with Crippen LogP contribution in [0.1, 0.15) is 57.8 Å². The van der Waals surface area contributed by atoms with Gasteiger partial charge in [-0.3, -0.25) is 14.5 Å². The first-order valence-electron chi connectivity index (χ1n) is 10.4. The smallest absolute Gasteiger partial charge is 0.236 e. The second-order valence-electron chi connectivity index (χ2n) is 8.99. The fourth-order valence-electron chi connectivity index (χ4n) is 6.07. The second-order valence-corrected chi connectivity index (χ2v) is 8.99. The maximum Gasteiger partial charge on any atom is 0.236 e. The van der Waals surface area contributed by atoms with Crippen LogP contribution in [0.5, 0.6) is 0 Å². The van der Waals surface area contributed by atoms with Crippen molar-refractivity contribution in [2.45, 2.75) is 63.8 Å². The number of hydrogen-bond donors (Lipinski definition) is 1. The highest BCUT2D eigenvalue weighted by Gasteiger charge is 2.41. The molecule has 0 unspecified atom stereocenters. The van der Waals surface area contributed by atoms with Crippen LogP contribution in [-0.4, -0.2) is 53.8 Å². The van der Waals surface area contributed by atoms with E-state index in [-0.39, 0.29) is 17.7 Å². The van der Waals surface area contributed by atoms with Crippen LogP contribution < -0.4 is 5.73 Å². The summed E-state index contributed by atoms with van der Waals surface area (Å²) < 4.78 is 0. The third-order valence-corrected chi connectivity index (χ3v) is 7.55. The molecule has 5 nitrogen and oxygen atoms in total. The Hall–Kier alpha value is -1.10. The molecule has 4 rings (SSSR count). The zero-order chi connectivity index (χ0) is 17.4. The molecule has 140 valence electrons. The standard InChI is InChI=1S/C20H33N3O2/c21-20(25)15-5-8-22(9-6-15)19(24)13-23-7-1-2-18(23)12-17-11-14-3-4-16(17)10-14/h14-18H,1-13H2,(H2,21,25)/t14-,16-,17-,18+/m0/s1. The maximum atomic E-state index is 12.7. The molecule has 2 amide bonds. The maximum absolute atomic E-state index is 12.7. The normalized spacial score (nSPS) is 36.2. The zero-order valence-electron chi connectivity index (χ0n) is 15.4. The second kappa shape index (κ2) is 7.26. The Bertz CT molecular complexity index is 515. The van der Waals surface area contributed by atoms with Gasteiger partial charge >= 0.3 is 0 Å². The topological polar surface area (TPSA) is 66.6 Å². The van der Waals surface area contributed by atoms with Crippen LogP contribution in [0, 0.1) is 23.7 Å². The van der Waals surface area contributed by atoms with Crippen molar-refractivity contribution in [3.63, 3.8) is 0 Å². The molecule has 0 radical (unpaired) electrons. The van der Waals surface area contributed by atoms with Gasteiger partial charge in [0.15, 0.2) is 0 Å². The fourth-order valence-corrected chi connectivity index (χ4v) is 6.07. The SMILES string of the molecule is NC(=O)C1CCN(C(=O)CN2CCC[C@@H]2C[C@@H]2C[C@H]3CC[C@H]2C3)CC1. The van der Waals surface area contributed by atoms with Gasteiger partial charge in [0.2, 0.25) is 11.8 Å². The summed E-state index contributed by atoms with van der Waals surface area (Å²) in [6, 6.07) is 0.622. The number of piperidine rings is 1. The Morgan fingerprint density at radius 1 is 0.960 bits per heavy atom. The Balaban J connectivity index is 1.26. The monoisotopic (exact) mass is 347 g/mol. The number of nitrogens with two attached hydrogens (primary N) is 1. The molecule has 2 bridgehead atoms. The van der Waals surface area contributed by atoms with Crippen molar-refractivity contribution in [3.8, 4) is 0 Å². The molecule has 4 atom stereocenters. The van der Waals surface area contributed by atoms with Gasteiger partial charge in [-0.1, -0.05) is 6.42 Å². The molecule has 4 fully saturated rings. The average Bonchev–Trinajstić information content (AvgIpc) is 3.33. The number of rotatable bonds is 5. The van der Waals surface area contributed by atoms with Gasteiger partial charge in [-0.15, -0.1) is 0 Å². The summed E-state index contributed by atoms with van der Waals surface area (Å²) >= 11 is 0. The largest absolute Gasteiger partial charge is 0.369 e. The number of amides is 2. The van der Waals surface area contributed by atoms with Gasteiger partial charge in [-0.2, -0.15) is 0 Å². The molecule has 2 saturated heterocycles. The molecule has 2 aliphatic carbocycles. The molecular formula is C20H33N3O2. The summed E-state index contributed by atoms with van der Waals surface area (Å²) in [7, 11) is 0. The van der Waals surface area contributed by atoms with Gasteiger partial charge < -0.3 is 10.6 Å². The highest BCUT2D eigenvalue weighted by molar-refractivity contribution is 5.80. The lowest BCUT2D eigenvalue weighted by Gasteiger charge is -2.34. The molecule has 5 heteroatoms. The lowest BCUT2D eigenvalue weighted by molar-refractivity contribution is -0.136. The molecule has 2 saturated carbocycles. The van der Waals surface area contributed by atoms with Crippen LogP contribution >= 0.6 is 0 Å². The Morgan fingerprint density at radius 2 is 1.76 bits per heavy atom. The number of fused-ring (bicyclic) bond motifs is 2. The molecule has 0 aromatic carbocycles. The number of carbonyl (C=O) groups is 2. The van der Waals surface area contributed by atoms with E-state index in [1.807, 2.05) is 4.90 Å². The van der Waals surface area contributed by atoms with E-state index in [0.29, 0.717) is 25.7 Å². The Kier molecular flexibility index (Phi) is 5.03. The zero-order valence-corrected chi connectivity index (χ0v) is 15.4. The van der Waals surface area contributed by atoms with Gasteiger partial charge in [0, 0.05) is 25.0 Å². The van der Waals surface area contributed by atoms with Crippen molar-refractivity contribution in [3.05, 3.63) is 0 Å². The van der Waals surface area contributed by atoms with E-state index in [2.05, 4.69) is 4.90 Å².